The number of nitro groups is 1. The van der Waals surface area contributed by atoms with Crippen LogP contribution in [0.4, 0.5) is 5.69 Å². The van der Waals surface area contributed by atoms with Crippen LogP contribution in [0.25, 0.3) is 0 Å². The van der Waals surface area contributed by atoms with Gasteiger partial charge in [-0.15, -0.1) is 0 Å². The summed E-state index contributed by atoms with van der Waals surface area (Å²) >= 11 is 5.79. The van der Waals surface area contributed by atoms with Gasteiger partial charge in [0.1, 0.15) is 12.1 Å². The number of ether oxygens (including phenoxy) is 1. The van der Waals surface area contributed by atoms with Crippen LogP contribution in [0.5, 0.6) is 0 Å². The van der Waals surface area contributed by atoms with Crippen molar-refractivity contribution < 1.29 is 22.9 Å². The maximum absolute atomic E-state index is 12.3. The second-order valence-corrected chi connectivity index (χ2v) is 7.88. The number of benzene rings is 2. The third-order valence-electron chi connectivity index (χ3n) is 3.64. The molecule has 0 heterocycles. The quantitative estimate of drug-likeness (QED) is 0.424. The molecule has 0 aromatic heterocycles. The van der Waals surface area contributed by atoms with E-state index in [4.69, 9.17) is 16.3 Å². The predicted octanol–water partition coefficient (Wildman–Crippen LogP) is 3.22. The summed E-state index contributed by atoms with van der Waals surface area (Å²) in [5, 5.41) is 11.1. The first-order chi connectivity index (χ1) is 12.6. The van der Waals surface area contributed by atoms with Crippen molar-refractivity contribution in [3.05, 3.63) is 69.2 Å². The molecule has 0 aliphatic heterocycles. The van der Waals surface area contributed by atoms with Crippen LogP contribution in [0.2, 0.25) is 5.02 Å². The van der Waals surface area contributed by atoms with Crippen molar-refractivity contribution in [2.24, 2.45) is 0 Å². The molecule has 10 heteroatoms. The normalized spacial score (nSPS) is 13.6. The van der Waals surface area contributed by atoms with Gasteiger partial charge in [-0.25, -0.2) is 8.42 Å². The zero-order valence-corrected chi connectivity index (χ0v) is 16.0. The first-order valence-corrected chi connectivity index (χ1v) is 9.69. The van der Waals surface area contributed by atoms with Gasteiger partial charge < -0.3 is 4.74 Å². The van der Waals surface area contributed by atoms with Gasteiger partial charge in [-0.1, -0.05) is 29.8 Å². The van der Waals surface area contributed by atoms with Gasteiger partial charge in [0.25, 0.3) is 5.69 Å². The highest BCUT2D eigenvalue weighted by atomic mass is 35.5. The number of hydrogen-bond acceptors (Lipinski definition) is 6. The number of halogens is 1. The highest BCUT2D eigenvalue weighted by Gasteiger charge is 2.25. The highest BCUT2D eigenvalue weighted by molar-refractivity contribution is 7.89. The Kier molecular flexibility index (Phi) is 6.53. The minimum atomic E-state index is -3.97. The van der Waals surface area contributed by atoms with Crippen LogP contribution in [0.3, 0.4) is 0 Å². The van der Waals surface area contributed by atoms with E-state index >= 15 is 0 Å². The third-order valence-corrected chi connectivity index (χ3v) is 5.41. The van der Waals surface area contributed by atoms with E-state index in [0.717, 1.165) is 0 Å². The van der Waals surface area contributed by atoms with Crippen LogP contribution in [0.1, 0.15) is 25.5 Å². The first kappa shape index (κ1) is 20.8. The molecule has 0 bridgehead atoms. The maximum atomic E-state index is 12.3. The van der Waals surface area contributed by atoms with E-state index in [-0.39, 0.29) is 15.6 Å². The van der Waals surface area contributed by atoms with Gasteiger partial charge in [0, 0.05) is 17.2 Å². The Morgan fingerprint density at radius 1 is 1.19 bits per heavy atom. The van der Waals surface area contributed by atoms with Gasteiger partial charge in [-0.3, -0.25) is 14.9 Å². The van der Waals surface area contributed by atoms with E-state index in [1.54, 1.807) is 6.07 Å². The number of nitrogens with one attached hydrogen (secondary N) is 1. The van der Waals surface area contributed by atoms with E-state index in [0.29, 0.717) is 5.56 Å². The predicted molar refractivity (Wildman–Crippen MR) is 98.8 cm³/mol. The van der Waals surface area contributed by atoms with Crippen LogP contribution >= 0.6 is 11.6 Å². The van der Waals surface area contributed by atoms with Crippen LogP contribution in [0.15, 0.2) is 53.4 Å². The number of non-ortho nitro benzene ring substituents is 1. The maximum Gasteiger partial charge on any atom is 0.324 e. The largest absolute Gasteiger partial charge is 0.457 e. The number of rotatable bonds is 7. The molecule has 0 amide bonds. The smallest absolute Gasteiger partial charge is 0.324 e. The molecule has 0 saturated heterocycles. The molecule has 2 atom stereocenters. The summed E-state index contributed by atoms with van der Waals surface area (Å²) in [4.78, 5) is 22.4. The Morgan fingerprint density at radius 3 is 2.48 bits per heavy atom. The fourth-order valence-corrected chi connectivity index (χ4v) is 3.71. The average molecular weight is 413 g/mol. The summed E-state index contributed by atoms with van der Waals surface area (Å²) in [7, 11) is -3.97. The second kappa shape index (κ2) is 8.47. The fraction of sp³-hybridized carbons (Fsp3) is 0.235. The molecular weight excluding hydrogens is 396 g/mol. The molecule has 27 heavy (non-hydrogen) atoms. The number of hydrogen-bond donors (Lipinski definition) is 1. The lowest BCUT2D eigenvalue weighted by atomic mass is 10.1. The van der Waals surface area contributed by atoms with E-state index in [9.17, 15) is 23.3 Å². The summed E-state index contributed by atoms with van der Waals surface area (Å²) < 4.78 is 32.1. The first-order valence-electron chi connectivity index (χ1n) is 7.83. The number of nitro benzene ring substituents is 1. The van der Waals surface area contributed by atoms with Crippen molar-refractivity contribution in [1.29, 1.82) is 0 Å². The number of nitrogens with zero attached hydrogens (tertiary/aromatic N) is 1. The second-order valence-electron chi connectivity index (χ2n) is 5.73. The molecule has 0 spiro atoms. The summed E-state index contributed by atoms with van der Waals surface area (Å²) in [6.07, 6.45) is -0.796. The fourth-order valence-electron chi connectivity index (χ4n) is 2.22. The molecule has 2 aromatic rings. The number of sulfonamides is 1. The molecule has 0 radical (unpaired) electrons. The molecule has 144 valence electrons. The average Bonchev–Trinajstić information content (AvgIpc) is 2.61. The van der Waals surface area contributed by atoms with Gasteiger partial charge in [0.15, 0.2) is 0 Å². The highest BCUT2D eigenvalue weighted by Crippen LogP contribution is 2.22. The third kappa shape index (κ3) is 5.49. The summed E-state index contributed by atoms with van der Waals surface area (Å²) in [6, 6.07) is 10.1. The minimum Gasteiger partial charge on any atom is -0.457 e. The van der Waals surface area contributed by atoms with Crippen LogP contribution < -0.4 is 4.72 Å². The van der Waals surface area contributed by atoms with Crippen LogP contribution in [-0.2, 0) is 19.6 Å². The van der Waals surface area contributed by atoms with Crippen molar-refractivity contribution >= 4 is 33.3 Å². The van der Waals surface area contributed by atoms with E-state index in [1.807, 2.05) is 0 Å². The standard InChI is InChI=1S/C17H17ClN2O6S/c1-11(19-27(24,25)16-8-4-6-14(18)10-16)17(21)26-12(2)13-5-3-7-15(9-13)20(22)23/h3-12,19H,1-2H3/t11-,12-/m0/s1. The van der Waals surface area contributed by atoms with E-state index < -0.39 is 33.1 Å². The van der Waals surface area contributed by atoms with Crippen molar-refractivity contribution in [3.8, 4) is 0 Å². The van der Waals surface area contributed by atoms with Gasteiger partial charge in [0.2, 0.25) is 10.0 Å². The van der Waals surface area contributed by atoms with Gasteiger partial charge in [-0.2, -0.15) is 4.72 Å². The van der Waals surface area contributed by atoms with Crippen LogP contribution in [-0.4, -0.2) is 25.4 Å². The monoisotopic (exact) mass is 412 g/mol. The van der Waals surface area contributed by atoms with Gasteiger partial charge >= 0.3 is 5.97 Å². The Balaban J connectivity index is 2.07. The molecule has 1 N–H and O–H groups in total. The Morgan fingerprint density at radius 2 is 1.85 bits per heavy atom. The lowest BCUT2D eigenvalue weighted by Crippen LogP contribution is -2.39. The molecule has 0 unspecified atom stereocenters. The summed E-state index contributed by atoms with van der Waals surface area (Å²) in [6.45, 7) is 2.87. The molecule has 8 nitrogen and oxygen atoms in total. The number of carbonyl (C=O) groups excluding carboxylic acids is 1. The van der Waals surface area contributed by atoms with Crippen LogP contribution in [0, 0.1) is 10.1 Å². The topological polar surface area (TPSA) is 116 Å². The Hall–Kier alpha value is -2.49. The molecule has 2 aromatic carbocycles. The number of esters is 1. The van der Waals surface area contributed by atoms with E-state index in [1.165, 1.54) is 56.3 Å². The SMILES string of the molecule is C[C@H](NS(=O)(=O)c1cccc(Cl)c1)C(=O)O[C@@H](C)c1cccc([N+](=O)[O-])c1. The van der Waals surface area contributed by atoms with Crippen molar-refractivity contribution in [3.63, 3.8) is 0 Å². The molecular formula is C17H17ClN2O6S. The lowest BCUT2D eigenvalue weighted by Gasteiger charge is -2.18. The molecule has 0 saturated carbocycles. The number of carbonyl (C=O) groups is 1. The Bertz CT molecular complexity index is 963. The van der Waals surface area contributed by atoms with Crippen molar-refractivity contribution in [1.82, 2.24) is 4.72 Å². The molecule has 0 fully saturated rings. The van der Waals surface area contributed by atoms with E-state index in [2.05, 4.69) is 4.72 Å². The summed E-state index contributed by atoms with van der Waals surface area (Å²) in [5.74, 6) is -0.820. The lowest BCUT2D eigenvalue weighted by molar-refractivity contribution is -0.385. The van der Waals surface area contributed by atoms with Gasteiger partial charge in [0.05, 0.1) is 9.82 Å². The minimum absolute atomic E-state index is 0.0821. The zero-order valence-electron chi connectivity index (χ0n) is 14.5. The van der Waals surface area contributed by atoms with Crippen molar-refractivity contribution in [2.75, 3.05) is 0 Å². The molecule has 0 aliphatic carbocycles. The summed E-state index contributed by atoms with van der Waals surface area (Å²) in [5.41, 5.74) is 0.285. The molecule has 2 rings (SSSR count). The van der Waals surface area contributed by atoms with Gasteiger partial charge in [-0.05, 0) is 37.6 Å². The molecule has 0 aliphatic rings. The zero-order chi connectivity index (χ0) is 20.2. The van der Waals surface area contributed by atoms with Crippen molar-refractivity contribution in [2.45, 2.75) is 30.9 Å². The Labute approximate surface area is 161 Å².